The van der Waals surface area contributed by atoms with E-state index < -0.39 is 0 Å². The molecule has 1 saturated carbocycles. The Labute approximate surface area is 93.6 Å². The molecule has 3 nitrogen and oxygen atoms in total. The third-order valence-corrected chi connectivity index (χ3v) is 3.77. The summed E-state index contributed by atoms with van der Waals surface area (Å²) < 4.78 is 0. The lowest BCUT2D eigenvalue weighted by Gasteiger charge is -2.35. The lowest BCUT2D eigenvalue weighted by Crippen LogP contribution is -2.52. The highest BCUT2D eigenvalue weighted by Gasteiger charge is 2.34. The first-order chi connectivity index (χ1) is 7.11. The van der Waals surface area contributed by atoms with Crippen LogP contribution in [-0.2, 0) is 0 Å². The van der Waals surface area contributed by atoms with Crippen LogP contribution >= 0.6 is 0 Å². The fourth-order valence-corrected chi connectivity index (χ4v) is 2.31. The maximum absolute atomic E-state index is 9.42. The molecular weight excluding hydrogens is 188 g/mol. The zero-order valence-electron chi connectivity index (χ0n) is 10.3. The summed E-state index contributed by atoms with van der Waals surface area (Å²) in [5, 5.41) is 9.42. The molecular formula is C12H26N2O. The maximum Gasteiger partial charge on any atom is 0.0601 e. The van der Waals surface area contributed by atoms with Gasteiger partial charge in [0.05, 0.1) is 6.61 Å². The van der Waals surface area contributed by atoms with Gasteiger partial charge in [0.1, 0.15) is 0 Å². The average molecular weight is 214 g/mol. The Hall–Kier alpha value is -0.120. The van der Waals surface area contributed by atoms with Crippen molar-refractivity contribution in [3.63, 3.8) is 0 Å². The van der Waals surface area contributed by atoms with E-state index in [-0.39, 0.29) is 18.7 Å². The SMILES string of the molecule is CCCC(N)C(CO)N(C)C(C)C1CC1. The summed E-state index contributed by atoms with van der Waals surface area (Å²) in [6.45, 7) is 4.56. The topological polar surface area (TPSA) is 49.5 Å². The van der Waals surface area contributed by atoms with Gasteiger partial charge in [0.2, 0.25) is 0 Å². The van der Waals surface area contributed by atoms with Crippen LogP contribution in [0.4, 0.5) is 0 Å². The van der Waals surface area contributed by atoms with Crippen molar-refractivity contribution in [1.29, 1.82) is 0 Å². The summed E-state index contributed by atoms with van der Waals surface area (Å²) in [5.41, 5.74) is 6.10. The van der Waals surface area contributed by atoms with E-state index in [0.29, 0.717) is 6.04 Å². The van der Waals surface area contributed by atoms with Crippen LogP contribution < -0.4 is 5.73 Å². The van der Waals surface area contributed by atoms with Crippen LogP contribution in [-0.4, -0.2) is 41.8 Å². The number of aliphatic hydroxyl groups excluding tert-OH is 1. The Morgan fingerprint density at radius 3 is 2.47 bits per heavy atom. The minimum atomic E-state index is 0.103. The van der Waals surface area contributed by atoms with Gasteiger partial charge in [-0.05, 0) is 39.2 Å². The molecule has 0 aliphatic heterocycles. The van der Waals surface area contributed by atoms with Gasteiger partial charge in [-0.25, -0.2) is 0 Å². The number of hydrogen-bond donors (Lipinski definition) is 2. The minimum Gasteiger partial charge on any atom is -0.395 e. The van der Waals surface area contributed by atoms with Gasteiger partial charge in [-0.1, -0.05) is 13.3 Å². The molecule has 3 unspecified atom stereocenters. The van der Waals surface area contributed by atoms with Gasteiger partial charge < -0.3 is 10.8 Å². The molecule has 0 aromatic heterocycles. The van der Waals surface area contributed by atoms with E-state index in [1.807, 2.05) is 0 Å². The Bertz CT molecular complexity index is 182. The molecule has 1 aliphatic rings. The van der Waals surface area contributed by atoms with Crippen LogP contribution in [0.1, 0.15) is 39.5 Å². The summed E-state index contributed by atoms with van der Waals surface area (Å²) in [6, 6.07) is 0.789. The second-order valence-corrected chi connectivity index (χ2v) is 4.95. The van der Waals surface area contributed by atoms with Crippen molar-refractivity contribution in [2.45, 2.75) is 57.7 Å². The van der Waals surface area contributed by atoms with Gasteiger partial charge in [-0.15, -0.1) is 0 Å². The normalized spacial score (nSPS) is 22.8. The fourth-order valence-electron chi connectivity index (χ4n) is 2.31. The summed E-state index contributed by atoms with van der Waals surface area (Å²) in [4.78, 5) is 2.28. The molecule has 0 aromatic rings. The molecule has 90 valence electrons. The quantitative estimate of drug-likeness (QED) is 0.669. The van der Waals surface area contributed by atoms with Crippen molar-refractivity contribution in [3.8, 4) is 0 Å². The molecule has 3 atom stereocenters. The predicted octanol–water partition coefficient (Wildman–Crippen LogP) is 1.20. The molecule has 0 aromatic carbocycles. The molecule has 1 rings (SSSR count). The summed E-state index contributed by atoms with van der Waals surface area (Å²) in [5.74, 6) is 0.831. The van der Waals surface area contributed by atoms with E-state index >= 15 is 0 Å². The van der Waals surface area contributed by atoms with Crippen LogP contribution in [0.3, 0.4) is 0 Å². The first kappa shape index (κ1) is 12.9. The molecule has 0 radical (unpaired) electrons. The van der Waals surface area contributed by atoms with E-state index in [4.69, 9.17) is 5.73 Å². The zero-order valence-corrected chi connectivity index (χ0v) is 10.3. The Morgan fingerprint density at radius 1 is 1.47 bits per heavy atom. The highest BCUT2D eigenvalue weighted by Crippen LogP contribution is 2.35. The first-order valence-corrected chi connectivity index (χ1v) is 6.20. The van der Waals surface area contributed by atoms with Crippen molar-refractivity contribution < 1.29 is 5.11 Å². The molecule has 3 heteroatoms. The second-order valence-electron chi connectivity index (χ2n) is 4.95. The van der Waals surface area contributed by atoms with Crippen LogP contribution in [0.2, 0.25) is 0 Å². The van der Waals surface area contributed by atoms with Gasteiger partial charge in [-0.2, -0.15) is 0 Å². The first-order valence-electron chi connectivity index (χ1n) is 6.20. The molecule has 0 heterocycles. The number of likely N-dealkylation sites (N-methyl/N-ethyl adjacent to an activating group) is 1. The third-order valence-electron chi connectivity index (χ3n) is 3.77. The average Bonchev–Trinajstić information content (AvgIpc) is 3.01. The molecule has 0 bridgehead atoms. The largest absolute Gasteiger partial charge is 0.395 e. The fraction of sp³-hybridized carbons (Fsp3) is 1.00. The Kier molecular flexibility index (Phi) is 5.03. The Morgan fingerprint density at radius 2 is 2.07 bits per heavy atom. The summed E-state index contributed by atoms with van der Waals surface area (Å²) in [7, 11) is 2.10. The highest BCUT2D eigenvalue weighted by atomic mass is 16.3. The van der Waals surface area contributed by atoms with E-state index in [9.17, 15) is 5.11 Å². The summed E-state index contributed by atoms with van der Waals surface area (Å²) >= 11 is 0. The van der Waals surface area contributed by atoms with Crippen LogP contribution in [0, 0.1) is 5.92 Å². The smallest absolute Gasteiger partial charge is 0.0601 e. The molecule has 3 N–H and O–H groups in total. The van der Waals surface area contributed by atoms with Crippen molar-refractivity contribution in [1.82, 2.24) is 4.90 Å². The molecule has 0 amide bonds. The highest BCUT2D eigenvalue weighted by molar-refractivity contribution is 4.89. The number of aliphatic hydroxyl groups is 1. The molecule has 1 aliphatic carbocycles. The van der Waals surface area contributed by atoms with Gasteiger partial charge in [0, 0.05) is 18.1 Å². The second kappa shape index (κ2) is 5.83. The monoisotopic (exact) mass is 214 g/mol. The van der Waals surface area contributed by atoms with Gasteiger partial charge in [0.15, 0.2) is 0 Å². The molecule has 0 spiro atoms. The van der Waals surface area contributed by atoms with Gasteiger partial charge >= 0.3 is 0 Å². The van der Waals surface area contributed by atoms with Gasteiger partial charge in [-0.3, -0.25) is 4.90 Å². The standard InChI is InChI=1S/C12H26N2O/c1-4-5-11(13)12(8-15)14(3)9(2)10-6-7-10/h9-12,15H,4-8,13H2,1-3H3. The number of nitrogens with zero attached hydrogens (tertiary/aromatic N) is 1. The minimum absolute atomic E-state index is 0.103. The molecule has 0 saturated heterocycles. The third kappa shape index (κ3) is 3.44. The summed E-state index contributed by atoms with van der Waals surface area (Å²) in [6.07, 6.45) is 4.76. The van der Waals surface area contributed by atoms with Crippen molar-refractivity contribution >= 4 is 0 Å². The molecule has 1 fully saturated rings. The van der Waals surface area contributed by atoms with Crippen molar-refractivity contribution in [2.24, 2.45) is 11.7 Å². The maximum atomic E-state index is 9.42. The van der Waals surface area contributed by atoms with E-state index in [1.54, 1.807) is 0 Å². The predicted molar refractivity (Wildman–Crippen MR) is 63.7 cm³/mol. The van der Waals surface area contributed by atoms with Crippen LogP contribution in [0.5, 0.6) is 0 Å². The molecule has 15 heavy (non-hydrogen) atoms. The van der Waals surface area contributed by atoms with Gasteiger partial charge in [0.25, 0.3) is 0 Å². The van der Waals surface area contributed by atoms with E-state index in [2.05, 4.69) is 25.8 Å². The van der Waals surface area contributed by atoms with Crippen molar-refractivity contribution in [2.75, 3.05) is 13.7 Å². The number of nitrogens with two attached hydrogens (primary N) is 1. The number of hydrogen-bond acceptors (Lipinski definition) is 3. The van der Waals surface area contributed by atoms with Crippen LogP contribution in [0.15, 0.2) is 0 Å². The Balaban J connectivity index is 2.47. The lowest BCUT2D eigenvalue weighted by atomic mass is 10.0. The zero-order chi connectivity index (χ0) is 11.4. The van der Waals surface area contributed by atoms with E-state index in [1.165, 1.54) is 12.8 Å². The van der Waals surface area contributed by atoms with E-state index in [0.717, 1.165) is 18.8 Å². The van der Waals surface area contributed by atoms with Crippen LogP contribution in [0.25, 0.3) is 0 Å². The van der Waals surface area contributed by atoms with Crippen molar-refractivity contribution in [3.05, 3.63) is 0 Å². The lowest BCUT2D eigenvalue weighted by molar-refractivity contribution is 0.0862. The number of rotatable bonds is 7.